The van der Waals surface area contributed by atoms with Crippen LogP contribution in [0.3, 0.4) is 0 Å². The van der Waals surface area contributed by atoms with E-state index in [2.05, 4.69) is 29.2 Å². The Hall–Kier alpha value is -0.970. The van der Waals surface area contributed by atoms with Gasteiger partial charge in [0.05, 0.1) is 10.6 Å². The Morgan fingerprint density at radius 1 is 1.35 bits per heavy atom. The fraction of sp³-hybridized carbons (Fsp3) is 0.562. The molecule has 1 aliphatic rings. The number of rotatable bonds is 4. The first-order chi connectivity index (χ1) is 9.48. The van der Waals surface area contributed by atoms with Gasteiger partial charge in [-0.3, -0.25) is 4.90 Å². The van der Waals surface area contributed by atoms with Crippen molar-refractivity contribution in [3.63, 3.8) is 0 Å². The summed E-state index contributed by atoms with van der Waals surface area (Å²) >= 11 is 5.12. The molecule has 1 fully saturated rings. The van der Waals surface area contributed by atoms with E-state index in [1.807, 2.05) is 13.0 Å². The van der Waals surface area contributed by atoms with Crippen molar-refractivity contribution in [3.05, 3.63) is 35.9 Å². The van der Waals surface area contributed by atoms with Crippen molar-refractivity contribution >= 4 is 17.2 Å². The number of hydrogen-bond donors (Lipinski definition) is 2. The van der Waals surface area contributed by atoms with Crippen LogP contribution in [0.4, 0.5) is 0 Å². The summed E-state index contributed by atoms with van der Waals surface area (Å²) in [6, 6.07) is 10.6. The van der Waals surface area contributed by atoms with Gasteiger partial charge in [0.15, 0.2) is 0 Å². The molecule has 2 rings (SSSR count). The second-order valence-corrected chi connectivity index (χ2v) is 6.51. The van der Waals surface area contributed by atoms with Crippen molar-refractivity contribution < 1.29 is 5.11 Å². The summed E-state index contributed by atoms with van der Waals surface area (Å²) in [6.45, 7) is 3.80. The van der Waals surface area contributed by atoms with Gasteiger partial charge in [0.1, 0.15) is 0 Å². The van der Waals surface area contributed by atoms with E-state index >= 15 is 0 Å². The highest BCUT2D eigenvalue weighted by Crippen LogP contribution is 2.30. The maximum atomic E-state index is 10.2. The molecule has 4 heteroatoms. The Morgan fingerprint density at radius 3 is 2.70 bits per heavy atom. The Balaban J connectivity index is 2.16. The molecule has 20 heavy (non-hydrogen) atoms. The highest BCUT2D eigenvalue weighted by atomic mass is 32.1. The molecular formula is C16H24N2OS. The molecule has 1 aromatic rings. The maximum absolute atomic E-state index is 10.2. The molecule has 0 aromatic heterocycles. The van der Waals surface area contributed by atoms with Crippen molar-refractivity contribution in [2.45, 2.75) is 44.2 Å². The van der Waals surface area contributed by atoms with Crippen LogP contribution in [0.25, 0.3) is 0 Å². The van der Waals surface area contributed by atoms with E-state index < -0.39 is 5.60 Å². The van der Waals surface area contributed by atoms with Crippen molar-refractivity contribution in [3.8, 4) is 0 Å². The van der Waals surface area contributed by atoms with Gasteiger partial charge >= 0.3 is 0 Å². The quantitative estimate of drug-likeness (QED) is 0.838. The van der Waals surface area contributed by atoms with Crippen LogP contribution in [0, 0.1) is 0 Å². The van der Waals surface area contributed by atoms with Gasteiger partial charge in [0.2, 0.25) is 0 Å². The third-order valence-corrected chi connectivity index (χ3v) is 4.28. The summed E-state index contributed by atoms with van der Waals surface area (Å²) in [4.78, 5) is 2.96. The zero-order valence-corrected chi connectivity index (χ0v) is 12.9. The molecule has 0 bridgehead atoms. The lowest BCUT2D eigenvalue weighted by atomic mass is 9.98. The van der Waals surface area contributed by atoms with Gasteiger partial charge in [0.25, 0.3) is 0 Å². The standard InChI is InChI=1S/C16H24N2OS/c1-16(19)8-5-10-18(11-9-16)14(12-15(17)20)13-6-3-2-4-7-13/h2-4,6-7,14,19H,5,8-12H2,1H3,(H2,17,20). The van der Waals surface area contributed by atoms with Crippen LogP contribution >= 0.6 is 12.2 Å². The smallest absolute Gasteiger partial charge is 0.0746 e. The van der Waals surface area contributed by atoms with Gasteiger partial charge in [-0.25, -0.2) is 0 Å². The van der Waals surface area contributed by atoms with E-state index in [0.717, 1.165) is 32.4 Å². The number of nitrogens with two attached hydrogens (primary N) is 1. The number of likely N-dealkylation sites (tertiary alicyclic amines) is 1. The molecule has 2 atom stereocenters. The average molecular weight is 292 g/mol. The number of thiocarbonyl (C=S) groups is 1. The Bertz CT molecular complexity index is 447. The van der Waals surface area contributed by atoms with Crippen LogP contribution < -0.4 is 5.73 Å². The summed E-state index contributed by atoms with van der Waals surface area (Å²) < 4.78 is 0. The topological polar surface area (TPSA) is 49.5 Å². The van der Waals surface area contributed by atoms with Crippen molar-refractivity contribution in [1.29, 1.82) is 0 Å². The largest absolute Gasteiger partial charge is 0.393 e. The molecule has 3 nitrogen and oxygen atoms in total. The molecule has 2 unspecified atom stereocenters. The second-order valence-electron chi connectivity index (χ2n) is 5.98. The molecule has 0 aliphatic carbocycles. The Morgan fingerprint density at radius 2 is 2.05 bits per heavy atom. The number of benzene rings is 1. The van der Waals surface area contributed by atoms with Crippen LogP contribution in [-0.4, -0.2) is 33.7 Å². The fourth-order valence-corrected chi connectivity index (χ4v) is 3.08. The van der Waals surface area contributed by atoms with Crippen LogP contribution in [0.2, 0.25) is 0 Å². The van der Waals surface area contributed by atoms with E-state index in [1.165, 1.54) is 5.56 Å². The van der Waals surface area contributed by atoms with Crippen molar-refractivity contribution in [2.75, 3.05) is 13.1 Å². The third-order valence-electron chi connectivity index (χ3n) is 4.12. The minimum atomic E-state index is -0.542. The summed E-state index contributed by atoms with van der Waals surface area (Å²) in [5.74, 6) is 0. The normalized spacial score (nSPS) is 25.9. The second kappa shape index (κ2) is 6.66. The summed E-state index contributed by atoms with van der Waals surface area (Å²) in [5, 5.41) is 10.2. The predicted molar refractivity (Wildman–Crippen MR) is 86.6 cm³/mol. The summed E-state index contributed by atoms with van der Waals surface area (Å²) in [7, 11) is 0. The van der Waals surface area contributed by atoms with Crippen LogP contribution in [0.5, 0.6) is 0 Å². The molecule has 1 aliphatic heterocycles. The van der Waals surface area contributed by atoms with E-state index in [4.69, 9.17) is 18.0 Å². The lowest BCUT2D eigenvalue weighted by Gasteiger charge is -2.31. The van der Waals surface area contributed by atoms with Gasteiger partial charge in [-0.1, -0.05) is 42.5 Å². The van der Waals surface area contributed by atoms with Crippen LogP contribution in [0.15, 0.2) is 30.3 Å². The first-order valence-electron chi connectivity index (χ1n) is 7.28. The zero-order chi connectivity index (χ0) is 14.6. The number of nitrogens with zero attached hydrogens (tertiary/aromatic N) is 1. The highest BCUT2D eigenvalue weighted by molar-refractivity contribution is 7.80. The number of aliphatic hydroxyl groups is 1. The van der Waals surface area contributed by atoms with E-state index in [9.17, 15) is 5.11 Å². The lowest BCUT2D eigenvalue weighted by molar-refractivity contribution is 0.0431. The number of hydrogen-bond acceptors (Lipinski definition) is 3. The van der Waals surface area contributed by atoms with E-state index in [0.29, 0.717) is 11.4 Å². The molecule has 3 N–H and O–H groups in total. The van der Waals surface area contributed by atoms with Crippen molar-refractivity contribution in [1.82, 2.24) is 4.90 Å². The lowest BCUT2D eigenvalue weighted by Crippen LogP contribution is -2.33. The molecule has 1 saturated heterocycles. The first kappa shape index (κ1) is 15.4. The highest BCUT2D eigenvalue weighted by Gasteiger charge is 2.29. The average Bonchev–Trinajstić information content (AvgIpc) is 2.58. The first-order valence-corrected chi connectivity index (χ1v) is 7.68. The molecule has 0 amide bonds. The van der Waals surface area contributed by atoms with E-state index in [-0.39, 0.29) is 6.04 Å². The van der Waals surface area contributed by atoms with Crippen LogP contribution in [-0.2, 0) is 0 Å². The minimum absolute atomic E-state index is 0.225. The Kier molecular flexibility index (Phi) is 5.13. The fourth-order valence-electron chi connectivity index (χ4n) is 2.92. The third kappa shape index (κ3) is 4.27. The maximum Gasteiger partial charge on any atom is 0.0746 e. The molecule has 1 heterocycles. The van der Waals surface area contributed by atoms with Crippen LogP contribution in [0.1, 0.15) is 44.2 Å². The van der Waals surface area contributed by atoms with Gasteiger partial charge in [-0.2, -0.15) is 0 Å². The monoisotopic (exact) mass is 292 g/mol. The minimum Gasteiger partial charge on any atom is -0.393 e. The molecular weight excluding hydrogens is 268 g/mol. The molecule has 1 aromatic carbocycles. The van der Waals surface area contributed by atoms with Gasteiger partial charge in [-0.05, 0) is 38.3 Å². The molecule has 0 radical (unpaired) electrons. The predicted octanol–water partition coefficient (Wildman–Crippen LogP) is 2.64. The summed E-state index contributed by atoms with van der Waals surface area (Å²) in [6.07, 6.45) is 3.36. The summed E-state index contributed by atoms with van der Waals surface area (Å²) in [5.41, 5.74) is 6.49. The van der Waals surface area contributed by atoms with Gasteiger partial charge < -0.3 is 10.8 Å². The van der Waals surface area contributed by atoms with Crippen molar-refractivity contribution in [2.24, 2.45) is 5.73 Å². The molecule has 0 saturated carbocycles. The zero-order valence-electron chi connectivity index (χ0n) is 12.1. The van der Waals surface area contributed by atoms with Gasteiger partial charge in [0, 0.05) is 19.0 Å². The molecule has 110 valence electrons. The SMILES string of the molecule is CC1(O)CCCN(C(CC(N)=S)c2ccccc2)CC1. The Labute approximate surface area is 126 Å². The van der Waals surface area contributed by atoms with E-state index in [1.54, 1.807) is 0 Å². The van der Waals surface area contributed by atoms with Gasteiger partial charge in [-0.15, -0.1) is 0 Å². The molecule has 0 spiro atoms.